The monoisotopic (exact) mass is 228 g/mol. The lowest BCUT2D eigenvalue weighted by Gasteiger charge is -2.25. The second-order valence-corrected chi connectivity index (χ2v) is 5.51. The van der Waals surface area contributed by atoms with Gasteiger partial charge >= 0.3 is 6.03 Å². The van der Waals surface area contributed by atoms with Gasteiger partial charge in [0.1, 0.15) is 0 Å². The number of rotatable bonds is 5. The van der Waals surface area contributed by atoms with E-state index in [-0.39, 0.29) is 6.03 Å². The molecule has 2 amide bonds. The molecule has 1 fully saturated rings. The van der Waals surface area contributed by atoms with Crippen molar-refractivity contribution in [1.82, 2.24) is 10.2 Å². The van der Waals surface area contributed by atoms with Crippen molar-refractivity contribution in [2.75, 3.05) is 13.6 Å². The quantitative estimate of drug-likeness (QED) is 0.750. The predicted molar refractivity (Wildman–Crippen MR) is 64.3 cm³/mol. The summed E-state index contributed by atoms with van der Waals surface area (Å²) < 4.78 is 0. The predicted octanol–water partition coefficient (Wildman–Crippen LogP) is 1.59. The zero-order valence-corrected chi connectivity index (χ0v) is 10.8. The van der Waals surface area contributed by atoms with Gasteiger partial charge in [-0.3, -0.25) is 0 Å². The highest BCUT2D eigenvalue weighted by Gasteiger charge is 2.37. The number of aliphatic hydroxyl groups is 1. The summed E-state index contributed by atoms with van der Waals surface area (Å²) in [5.41, 5.74) is -0.835. The molecule has 0 aliphatic heterocycles. The van der Waals surface area contributed by atoms with E-state index >= 15 is 0 Å². The van der Waals surface area contributed by atoms with Gasteiger partial charge in [-0.25, -0.2) is 4.79 Å². The Morgan fingerprint density at radius 1 is 1.56 bits per heavy atom. The molecule has 0 heterocycles. The maximum Gasteiger partial charge on any atom is 0.317 e. The molecule has 0 aromatic rings. The maximum absolute atomic E-state index is 11.7. The average Bonchev–Trinajstić information content (AvgIpc) is 2.81. The highest BCUT2D eigenvalue weighted by atomic mass is 16.3. The largest absolute Gasteiger partial charge is 0.389 e. The molecular weight excluding hydrogens is 204 g/mol. The molecule has 94 valence electrons. The minimum absolute atomic E-state index is 0.0780. The second kappa shape index (κ2) is 5.04. The lowest BCUT2D eigenvalue weighted by molar-refractivity contribution is 0.0531. The zero-order valence-electron chi connectivity index (χ0n) is 10.8. The molecule has 1 aliphatic carbocycles. The molecule has 2 N–H and O–H groups in total. The van der Waals surface area contributed by atoms with Crippen LogP contribution >= 0.6 is 0 Å². The molecule has 2 unspecified atom stereocenters. The van der Waals surface area contributed by atoms with E-state index < -0.39 is 5.60 Å². The molecule has 16 heavy (non-hydrogen) atoms. The van der Waals surface area contributed by atoms with Gasteiger partial charge in [-0.05, 0) is 32.6 Å². The van der Waals surface area contributed by atoms with Gasteiger partial charge in [-0.15, -0.1) is 0 Å². The van der Waals surface area contributed by atoms with Gasteiger partial charge < -0.3 is 15.3 Å². The summed E-state index contributed by atoms with van der Waals surface area (Å²) in [5, 5.41) is 12.6. The third kappa shape index (κ3) is 4.39. The molecule has 0 radical (unpaired) electrons. The number of likely N-dealkylation sites (N-methyl/N-ethyl adjacent to an activating group) is 1. The minimum atomic E-state index is -0.835. The summed E-state index contributed by atoms with van der Waals surface area (Å²) in [6.07, 6.45) is 3.48. The minimum Gasteiger partial charge on any atom is -0.389 e. The van der Waals surface area contributed by atoms with Crippen LogP contribution in [0.25, 0.3) is 0 Å². The lowest BCUT2D eigenvalue weighted by Crippen LogP contribution is -2.45. The first-order valence-corrected chi connectivity index (χ1v) is 6.07. The standard InChI is InChI=1S/C12H24N2O2/c1-5-6-9-7-10(9)13-11(15)14(4)8-12(2,3)16/h9-10,16H,5-8H2,1-4H3,(H,13,15). The van der Waals surface area contributed by atoms with E-state index in [4.69, 9.17) is 0 Å². The van der Waals surface area contributed by atoms with Gasteiger partial charge in [0.25, 0.3) is 0 Å². The van der Waals surface area contributed by atoms with Gasteiger partial charge in [0.2, 0.25) is 0 Å². The van der Waals surface area contributed by atoms with Crippen molar-refractivity contribution in [2.24, 2.45) is 5.92 Å². The van der Waals surface area contributed by atoms with Crippen molar-refractivity contribution in [3.05, 3.63) is 0 Å². The van der Waals surface area contributed by atoms with Crippen LogP contribution in [0.5, 0.6) is 0 Å². The van der Waals surface area contributed by atoms with E-state index in [2.05, 4.69) is 12.2 Å². The molecule has 0 bridgehead atoms. The van der Waals surface area contributed by atoms with E-state index in [0.29, 0.717) is 18.5 Å². The molecule has 1 rings (SSSR count). The molecular formula is C12H24N2O2. The summed E-state index contributed by atoms with van der Waals surface area (Å²) in [6, 6.07) is 0.280. The van der Waals surface area contributed by atoms with Gasteiger partial charge in [-0.1, -0.05) is 13.3 Å². The average molecular weight is 228 g/mol. The number of hydrogen-bond donors (Lipinski definition) is 2. The van der Waals surface area contributed by atoms with Crippen LogP contribution in [0.4, 0.5) is 4.79 Å². The fourth-order valence-electron chi connectivity index (χ4n) is 2.04. The summed E-state index contributed by atoms with van der Waals surface area (Å²) in [4.78, 5) is 13.3. The Morgan fingerprint density at radius 2 is 2.19 bits per heavy atom. The molecule has 0 spiro atoms. The SMILES string of the molecule is CCCC1CC1NC(=O)N(C)CC(C)(C)O. The molecule has 0 aromatic heterocycles. The van der Waals surface area contributed by atoms with Crippen LogP contribution < -0.4 is 5.32 Å². The lowest BCUT2D eigenvalue weighted by atomic mass is 10.1. The summed E-state index contributed by atoms with van der Waals surface area (Å²) in [5.74, 6) is 0.671. The van der Waals surface area contributed by atoms with Crippen molar-refractivity contribution in [1.29, 1.82) is 0 Å². The van der Waals surface area contributed by atoms with Crippen LogP contribution in [0, 0.1) is 5.92 Å². The molecule has 0 aromatic carbocycles. The summed E-state index contributed by atoms with van der Waals surface area (Å²) in [7, 11) is 1.71. The smallest absolute Gasteiger partial charge is 0.317 e. The number of amides is 2. The number of nitrogens with one attached hydrogen (secondary N) is 1. The van der Waals surface area contributed by atoms with Gasteiger partial charge in [0.05, 0.1) is 12.1 Å². The Hall–Kier alpha value is -0.770. The van der Waals surface area contributed by atoms with Crippen LogP contribution in [0.3, 0.4) is 0 Å². The van der Waals surface area contributed by atoms with Crippen molar-refractivity contribution >= 4 is 6.03 Å². The van der Waals surface area contributed by atoms with Gasteiger partial charge in [0.15, 0.2) is 0 Å². The van der Waals surface area contributed by atoms with Crippen LogP contribution in [0.2, 0.25) is 0 Å². The summed E-state index contributed by atoms with van der Waals surface area (Å²) in [6.45, 7) is 5.92. The Morgan fingerprint density at radius 3 is 2.69 bits per heavy atom. The molecule has 1 saturated carbocycles. The third-order valence-electron chi connectivity index (χ3n) is 2.86. The van der Waals surface area contributed by atoms with Crippen molar-refractivity contribution in [3.63, 3.8) is 0 Å². The fraction of sp³-hybridized carbons (Fsp3) is 0.917. The number of nitrogens with zero attached hydrogens (tertiary/aromatic N) is 1. The highest BCUT2D eigenvalue weighted by molar-refractivity contribution is 5.74. The Bertz CT molecular complexity index is 248. The first-order chi connectivity index (χ1) is 7.33. The third-order valence-corrected chi connectivity index (χ3v) is 2.86. The molecule has 0 saturated heterocycles. The Balaban J connectivity index is 2.26. The second-order valence-electron chi connectivity index (χ2n) is 5.51. The van der Waals surface area contributed by atoms with Gasteiger partial charge in [0, 0.05) is 13.1 Å². The van der Waals surface area contributed by atoms with Crippen molar-refractivity contribution in [3.8, 4) is 0 Å². The molecule has 1 aliphatic rings. The Kier molecular flexibility index (Phi) is 4.19. The Labute approximate surface area is 98.0 Å². The molecule has 4 heteroatoms. The fourth-order valence-corrected chi connectivity index (χ4v) is 2.04. The first kappa shape index (κ1) is 13.3. The van der Waals surface area contributed by atoms with E-state index in [1.54, 1.807) is 25.8 Å². The van der Waals surface area contributed by atoms with Crippen molar-refractivity contribution in [2.45, 2.75) is 51.7 Å². The first-order valence-electron chi connectivity index (χ1n) is 6.07. The van der Waals surface area contributed by atoms with E-state index in [1.165, 1.54) is 12.8 Å². The van der Waals surface area contributed by atoms with E-state index in [9.17, 15) is 9.90 Å². The highest BCUT2D eigenvalue weighted by Crippen LogP contribution is 2.34. The number of urea groups is 1. The maximum atomic E-state index is 11.7. The normalized spacial score (nSPS) is 24.1. The van der Waals surface area contributed by atoms with Crippen LogP contribution in [-0.2, 0) is 0 Å². The number of hydrogen-bond acceptors (Lipinski definition) is 2. The van der Waals surface area contributed by atoms with Crippen LogP contribution in [0.15, 0.2) is 0 Å². The van der Waals surface area contributed by atoms with Gasteiger partial charge in [-0.2, -0.15) is 0 Å². The van der Waals surface area contributed by atoms with Crippen molar-refractivity contribution < 1.29 is 9.90 Å². The molecule has 2 atom stereocenters. The zero-order chi connectivity index (χ0) is 12.3. The van der Waals surface area contributed by atoms with Crippen LogP contribution in [-0.4, -0.2) is 41.3 Å². The molecule has 4 nitrogen and oxygen atoms in total. The van der Waals surface area contributed by atoms with E-state index in [0.717, 1.165) is 6.42 Å². The number of carbonyl (C=O) groups excluding carboxylic acids is 1. The summed E-state index contributed by atoms with van der Waals surface area (Å²) >= 11 is 0. The van der Waals surface area contributed by atoms with E-state index in [1.807, 2.05) is 0 Å². The number of carbonyl (C=O) groups is 1. The van der Waals surface area contributed by atoms with Crippen LogP contribution in [0.1, 0.15) is 40.0 Å². The topological polar surface area (TPSA) is 52.6 Å².